The molecule has 0 aliphatic heterocycles. The number of aromatic nitrogens is 1. The van der Waals surface area contributed by atoms with Crippen molar-refractivity contribution in [3.8, 4) is 11.5 Å². The zero-order valence-electron chi connectivity index (χ0n) is 9.55. The molecule has 0 aliphatic carbocycles. The monoisotopic (exact) mass is 342 g/mol. The van der Waals surface area contributed by atoms with Crippen LogP contribution in [0.2, 0.25) is 0 Å². The fourth-order valence-electron chi connectivity index (χ4n) is 1.40. The van der Waals surface area contributed by atoms with Crippen molar-refractivity contribution in [2.24, 2.45) is 0 Å². The summed E-state index contributed by atoms with van der Waals surface area (Å²) >= 11 is 8.98. The van der Waals surface area contributed by atoms with Gasteiger partial charge in [0, 0.05) is 18.1 Å². The van der Waals surface area contributed by atoms with E-state index < -0.39 is 4.92 Å². The van der Waals surface area contributed by atoms with Crippen LogP contribution in [0.1, 0.15) is 5.56 Å². The highest BCUT2D eigenvalue weighted by Gasteiger charge is 2.11. The van der Waals surface area contributed by atoms with Crippen LogP contribution in [0.5, 0.6) is 11.5 Å². The van der Waals surface area contributed by atoms with E-state index in [0.29, 0.717) is 21.9 Å². The number of ether oxygens (including phenoxy) is 1. The SMILES string of the molecule is O=[N+]([O-])c1ccc(Br)c(Oc2cncc(CCl)c2)c1. The molecule has 0 saturated heterocycles. The summed E-state index contributed by atoms with van der Waals surface area (Å²) in [6, 6.07) is 6.03. The summed E-state index contributed by atoms with van der Waals surface area (Å²) in [5.74, 6) is 1.14. The standard InChI is InChI=1S/C12H8BrClN2O3/c13-11-2-1-9(16(17)18)4-12(11)19-10-3-8(5-14)6-15-7-10/h1-4,6-7H,5H2. The van der Waals surface area contributed by atoms with E-state index in [0.717, 1.165) is 5.56 Å². The molecule has 1 aromatic carbocycles. The normalized spacial score (nSPS) is 10.2. The van der Waals surface area contributed by atoms with Crippen molar-refractivity contribution >= 4 is 33.2 Å². The molecule has 2 aromatic rings. The minimum Gasteiger partial charge on any atom is -0.454 e. The quantitative estimate of drug-likeness (QED) is 0.472. The van der Waals surface area contributed by atoms with Gasteiger partial charge in [-0.15, -0.1) is 11.6 Å². The average Bonchev–Trinajstić information content (AvgIpc) is 2.41. The summed E-state index contributed by atoms with van der Waals surface area (Å²) in [7, 11) is 0. The van der Waals surface area contributed by atoms with Crippen LogP contribution in [-0.4, -0.2) is 9.91 Å². The largest absolute Gasteiger partial charge is 0.454 e. The lowest BCUT2D eigenvalue weighted by molar-refractivity contribution is -0.384. The molecule has 98 valence electrons. The smallest absolute Gasteiger partial charge is 0.273 e. The first kappa shape index (κ1) is 13.8. The Hall–Kier alpha value is -1.66. The van der Waals surface area contributed by atoms with Gasteiger partial charge in [-0.3, -0.25) is 15.1 Å². The van der Waals surface area contributed by atoms with Crippen molar-refractivity contribution in [3.63, 3.8) is 0 Å². The van der Waals surface area contributed by atoms with Gasteiger partial charge < -0.3 is 4.74 Å². The molecule has 2 rings (SSSR count). The number of nitro benzene ring substituents is 1. The Morgan fingerprint density at radius 3 is 2.84 bits per heavy atom. The summed E-state index contributed by atoms with van der Waals surface area (Å²) in [5.41, 5.74) is 0.764. The highest BCUT2D eigenvalue weighted by atomic mass is 79.9. The maximum atomic E-state index is 10.7. The number of nitro groups is 1. The third kappa shape index (κ3) is 3.42. The van der Waals surface area contributed by atoms with Gasteiger partial charge in [0.1, 0.15) is 11.5 Å². The van der Waals surface area contributed by atoms with Gasteiger partial charge in [-0.2, -0.15) is 0 Å². The molecular weight excluding hydrogens is 336 g/mol. The van der Waals surface area contributed by atoms with Crippen molar-refractivity contribution in [1.29, 1.82) is 0 Å². The van der Waals surface area contributed by atoms with Crippen LogP contribution >= 0.6 is 27.5 Å². The van der Waals surface area contributed by atoms with Gasteiger partial charge in [0.15, 0.2) is 0 Å². The van der Waals surface area contributed by atoms with Gasteiger partial charge in [-0.05, 0) is 33.6 Å². The molecule has 0 unspecified atom stereocenters. The Labute approximate surface area is 122 Å². The Morgan fingerprint density at radius 1 is 1.37 bits per heavy atom. The number of halogens is 2. The number of hydrogen-bond acceptors (Lipinski definition) is 4. The first-order valence-electron chi connectivity index (χ1n) is 5.22. The second-order valence-corrected chi connectivity index (χ2v) is 4.76. The molecule has 19 heavy (non-hydrogen) atoms. The van der Waals surface area contributed by atoms with Crippen LogP contribution in [0.4, 0.5) is 5.69 Å². The molecule has 0 bridgehead atoms. The van der Waals surface area contributed by atoms with Crippen LogP contribution in [0.3, 0.4) is 0 Å². The van der Waals surface area contributed by atoms with Crippen LogP contribution < -0.4 is 4.74 Å². The van der Waals surface area contributed by atoms with E-state index in [2.05, 4.69) is 20.9 Å². The van der Waals surface area contributed by atoms with Crippen molar-refractivity contribution in [2.45, 2.75) is 5.88 Å². The van der Waals surface area contributed by atoms with E-state index in [4.69, 9.17) is 16.3 Å². The number of pyridine rings is 1. The lowest BCUT2D eigenvalue weighted by Crippen LogP contribution is -1.92. The van der Waals surface area contributed by atoms with Crippen LogP contribution in [0, 0.1) is 10.1 Å². The maximum absolute atomic E-state index is 10.7. The minimum atomic E-state index is -0.479. The molecule has 0 saturated carbocycles. The fourth-order valence-corrected chi connectivity index (χ4v) is 1.88. The van der Waals surface area contributed by atoms with E-state index in [1.54, 1.807) is 18.3 Å². The highest BCUT2D eigenvalue weighted by Crippen LogP contribution is 2.33. The Bertz CT molecular complexity index is 622. The lowest BCUT2D eigenvalue weighted by Gasteiger charge is -2.07. The number of hydrogen-bond donors (Lipinski definition) is 0. The highest BCUT2D eigenvalue weighted by molar-refractivity contribution is 9.10. The predicted octanol–water partition coefficient (Wildman–Crippen LogP) is 4.28. The number of non-ortho nitro benzene ring substituents is 1. The first-order chi connectivity index (χ1) is 9.10. The molecule has 1 aromatic heterocycles. The number of rotatable bonds is 4. The van der Waals surface area contributed by atoms with Gasteiger partial charge in [0.2, 0.25) is 0 Å². The lowest BCUT2D eigenvalue weighted by atomic mass is 10.3. The summed E-state index contributed by atoms with van der Waals surface area (Å²) in [6.45, 7) is 0. The number of benzene rings is 1. The second-order valence-electron chi connectivity index (χ2n) is 3.64. The molecule has 0 N–H and O–H groups in total. The predicted molar refractivity (Wildman–Crippen MR) is 74.7 cm³/mol. The molecule has 0 spiro atoms. The Balaban J connectivity index is 2.31. The molecule has 0 fully saturated rings. The van der Waals surface area contributed by atoms with Crippen molar-refractivity contribution in [1.82, 2.24) is 4.98 Å². The molecule has 1 heterocycles. The first-order valence-corrected chi connectivity index (χ1v) is 6.54. The third-order valence-electron chi connectivity index (χ3n) is 2.28. The van der Waals surface area contributed by atoms with E-state index in [1.807, 2.05) is 0 Å². The van der Waals surface area contributed by atoms with Gasteiger partial charge in [-0.25, -0.2) is 0 Å². The van der Waals surface area contributed by atoms with Gasteiger partial charge in [0.05, 0.1) is 21.7 Å². The van der Waals surface area contributed by atoms with Crippen molar-refractivity contribution in [3.05, 3.63) is 56.8 Å². The molecular formula is C12H8BrClN2O3. The maximum Gasteiger partial charge on any atom is 0.273 e. The zero-order chi connectivity index (χ0) is 13.8. The Morgan fingerprint density at radius 2 is 2.16 bits per heavy atom. The average molecular weight is 344 g/mol. The Kier molecular flexibility index (Phi) is 4.34. The number of nitrogens with zero attached hydrogens (tertiary/aromatic N) is 2. The summed E-state index contributed by atoms with van der Waals surface area (Å²) in [6.07, 6.45) is 3.14. The minimum absolute atomic E-state index is 0.0420. The molecule has 0 aliphatic rings. The summed E-state index contributed by atoms with van der Waals surface area (Å²) in [5, 5.41) is 10.7. The van der Waals surface area contributed by atoms with Crippen molar-refractivity contribution in [2.75, 3.05) is 0 Å². The molecule has 0 amide bonds. The summed E-state index contributed by atoms with van der Waals surface area (Å²) < 4.78 is 6.19. The molecule has 7 heteroatoms. The third-order valence-corrected chi connectivity index (χ3v) is 3.24. The second kappa shape index (κ2) is 5.99. The molecule has 5 nitrogen and oxygen atoms in total. The molecule has 0 radical (unpaired) electrons. The number of alkyl halides is 1. The molecule has 0 atom stereocenters. The van der Waals surface area contributed by atoms with Crippen molar-refractivity contribution < 1.29 is 9.66 Å². The fraction of sp³-hybridized carbons (Fsp3) is 0.0833. The van der Waals surface area contributed by atoms with E-state index in [-0.39, 0.29) is 5.69 Å². The topological polar surface area (TPSA) is 65.3 Å². The van der Waals surface area contributed by atoms with Gasteiger partial charge in [0.25, 0.3) is 5.69 Å². The van der Waals surface area contributed by atoms with Crippen LogP contribution in [0.25, 0.3) is 0 Å². The summed E-state index contributed by atoms with van der Waals surface area (Å²) in [4.78, 5) is 14.2. The van der Waals surface area contributed by atoms with Crippen LogP contribution in [-0.2, 0) is 5.88 Å². The zero-order valence-corrected chi connectivity index (χ0v) is 11.9. The van der Waals surface area contributed by atoms with E-state index in [9.17, 15) is 10.1 Å². The van der Waals surface area contributed by atoms with Gasteiger partial charge >= 0.3 is 0 Å². The van der Waals surface area contributed by atoms with Gasteiger partial charge in [-0.1, -0.05) is 0 Å². The van der Waals surface area contributed by atoms with E-state index in [1.165, 1.54) is 18.3 Å². The van der Waals surface area contributed by atoms with E-state index >= 15 is 0 Å². The van der Waals surface area contributed by atoms with Crippen LogP contribution in [0.15, 0.2) is 41.1 Å².